The summed E-state index contributed by atoms with van der Waals surface area (Å²) in [5.41, 5.74) is 0. The first-order valence-electron chi connectivity index (χ1n) is 4.92. The fourth-order valence-electron chi connectivity index (χ4n) is 0.877. The van der Waals surface area contributed by atoms with E-state index in [1.807, 2.05) is 0 Å². The SMILES string of the molecule is O=C(O)c1cc(Cl)c(Br)s1.O=C(O)c1cc(Cl)cs1.[B]=NS. The fourth-order valence-corrected chi connectivity index (χ4v) is 3.33. The molecule has 0 fully saturated rings. The van der Waals surface area contributed by atoms with E-state index in [1.165, 1.54) is 12.1 Å². The van der Waals surface area contributed by atoms with Gasteiger partial charge in [-0.2, -0.15) is 0 Å². The van der Waals surface area contributed by atoms with E-state index in [2.05, 4.69) is 40.7 Å². The average Bonchev–Trinajstić information content (AvgIpc) is 2.99. The van der Waals surface area contributed by atoms with Crippen LogP contribution in [0.15, 0.2) is 25.6 Å². The van der Waals surface area contributed by atoms with E-state index in [4.69, 9.17) is 33.4 Å². The van der Waals surface area contributed by atoms with Crippen LogP contribution in [-0.4, -0.2) is 29.8 Å². The Labute approximate surface area is 158 Å². The molecule has 0 aromatic carbocycles. The molecule has 2 rings (SSSR count). The zero-order valence-corrected chi connectivity index (χ0v) is 16.0. The number of thiol groups is 1. The molecular formula is C10H6BBrCl2NO4S3. The Morgan fingerprint density at radius 3 is 1.91 bits per heavy atom. The molecule has 22 heavy (non-hydrogen) atoms. The Bertz CT molecular complexity index is 645. The van der Waals surface area contributed by atoms with Gasteiger partial charge in [0.2, 0.25) is 0 Å². The summed E-state index contributed by atoms with van der Waals surface area (Å²) in [5, 5.41) is 19.3. The molecule has 1 radical (unpaired) electrons. The first-order valence-corrected chi connectivity index (χ1v) is 8.57. The number of hydrogen-bond acceptors (Lipinski definition) is 6. The summed E-state index contributed by atoms with van der Waals surface area (Å²) in [6.07, 6.45) is 0. The van der Waals surface area contributed by atoms with Crippen LogP contribution in [0.5, 0.6) is 0 Å². The summed E-state index contributed by atoms with van der Waals surface area (Å²) in [4.78, 5) is 21.0. The number of halogens is 3. The third-order valence-corrected chi connectivity index (χ3v) is 5.36. The number of carboxylic acids is 2. The Kier molecular flexibility index (Phi) is 11.0. The third kappa shape index (κ3) is 8.30. The minimum absolute atomic E-state index is 0.247. The monoisotopic (exact) mass is 460 g/mol. The van der Waals surface area contributed by atoms with Crippen LogP contribution in [0.1, 0.15) is 19.3 Å². The number of nitrogens with zero attached hydrogens (tertiary/aromatic N) is 1. The summed E-state index contributed by atoms with van der Waals surface area (Å²) in [5.74, 6) is -1.87. The van der Waals surface area contributed by atoms with Crippen molar-refractivity contribution in [2.24, 2.45) is 4.30 Å². The van der Waals surface area contributed by atoms with Crippen molar-refractivity contribution in [2.75, 3.05) is 0 Å². The Morgan fingerprint density at radius 2 is 1.73 bits per heavy atom. The van der Waals surface area contributed by atoms with Crippen molar-refractivity contribution in [1.29, 1.82) is 0 Å². The molecule has 2 N–H and O–H groups in total. The van der Waals surface area contributed by atoms with Gasteiger partial charge in [0.1, 0.15) is 9.75 Å². The molecule has 0 aliphatic heterocycles. The first kappa shape index (κ1) is 21.6. The van der Waals surface area contributed by atoms with E-state index < -0.39 is 11.9 Å². The van der Waals surface area contributed by atoms with Crippen molar-refractivity contribution in [3.05, 3.63) is 41.1 Å². The molecule has 0 amide bonds. The Balaban J connectivity index is 0.000000342. The van der Waals surface area contributed by atoms with Gasteiger partial charge in [-0.25, -0.2) is 9.59 Å². The summed E-state index contributed by atoms with van der Waals surface area (Å²) >= 11 is 19.6. The molecule has 0 bridgehead atoms. The number of carbonyl (C=O) groups is 2. The molecule has 2 aromatic rings. The van der Waals surface area contributed by atoms with Crippen molar-refractivity contribution in [1.82, 2.24) is 0 Å². The third-order valence-electron chi connectivity index (χ3n) is 1.63. The van der Waals surface area contributed by atoms with Crippen molar-refractivity contribution in [2.45, 2.75) is 0 Å². The molecule has 0 atom stereocenters. The maximum absolute atomic E-state index is 10.3. The zero-order chi connectivity index (χ0) is 17.3. The quantitative estimate of drug-likeness (QED) is 0.426. The van der Waals surface area contributed by atoms with Crippen LogP contribution >= 0.6 is 74.6 Å². The molecule has 0 spiro atoms. The second-order valence-electron chi connectivity index (χ2n) is 3.09. The van der Waals surface area contributed by atoms with Crippen molar-refractivity contribution in [3.63, 3.8) is 0 Å². The van der Waals surface area contributed by atoms with Gasteiger partial charge in [-0.3, -0.25) is 0 Å². The topological polar surface area (TPSA) is 87.0 Å². The molecule has 2 heterocycles. The molecule has 0 aliphatic carbocycles. The average molecular weight is 462 g/mol. The first-order chi connectivity index (χ1) is 10.2. The Hall–Kier alpha value is -0.385. The van der Waals surface area contributed by atoms with Crippen LogP contribution in [0.3, 0.4) is 0 Å². The van der Waals surface area contributed by atoms with Gasteiger partial charge in [-0.1, -0.05) is 23.2 Å². The van der Waals surface area contributed by atoms with Crippen LogP contribution < -0.4 is 0 Å². The van der Waals surface area contributed by atoms with Gasteiger partial charge in [-0.15, -0.1) is 22.7 Å². The fraction of sp³-hybridized carbons (Fsp3) is 0. The summed E-state index contributed by atoms with van der Waals surface area (Å²) in [6.45, 7) is 0. The molecule has 2 aromatic heterocycles. The van der Waals surface area contributed by atoms with Crippen LogP contribution in [0.2, 0.25) is 10.0 Å². The second kappa shape index (κ2) is 11.2. The van der Waals surface area contributed by atoms with Crippen LogP contribution in [0, 0.1) is 0 Å². The van der Waals surface area contributed by atoms with Gasteiger partial charge < -0.3 is 10.2 Å². The molecule has 0 saturated carbocycles. The van der Waals surface area contributed by atoms with Gasteiger partial charge in [0.05, 0.1) is 13.8 Å². The van der Waals surface area contributed by atoms with E-state index in [-0.39, 0.29) is 9.75 Å². The summed E-state index contributed by atoms with van der Waals surface area (Å²) in [7, 11) is 4.34. The summed E-state index contributed by atoms with van der Waals surface area (Å²) in [6, 6.07) is 2.84. The number of thiophene rings is 2. The Morgan fingerprint density at radius 1 is 1.23 bits per heavy atom. The van der Waals surface area contributed by atoms with Gasteiger partial charge in [0.25, 0.3) is 0 Å². The summed E-state index contributed by atoms with van der Waals surface area (Å²) < 4.78 is 3.35. The van der Waals surface area contributed by atoms with Crippen molar-refractivity contribution >= 4 is 94.2 Å². The minimum atomic E-state index is -0.947. The van der Waals surface area contributed by atoms with E-state index in [0.717, 1.165) is 22.7 Å². The zero-order valence-electron chi connectivity index (χ0n) is 10.4. The van der Waals surface area contributed by atoms with Crippen molar-refractivity contribution in [3.8, 4) is 0 Å². The molecule has 0 unspecified atom stereocenters. The van der Waals surface area contributed by atoms with E-state index in [1.54, 1.807) is 5.38 Å². The normalized spacial score (nSPS) is 8.86. The predicted octanol–water partition coefficient (Wildman–Crippen LogP) is 5.15. The van der Waals surface area contributed by atoms with Gasteiger partial charge in [0, 0.05) is 5.38 Å². The number of rotatable bonds is 2. The van der Waals surface area contributed by atoms with Gasteiger partial charge >= 0.3 is 36.7 Å². The van der Waals surface area contributed by atoms with Gasteiger partial charge in [-0.05, 0) is 28.1 Å². The van der Waals surface area contributed by atoms with Crippen LogP contribution in [-0.2, 0) is 0 Å². The number of aromatic carboxylic acids is 2. The molecule has 0 saturated heterocycles. The van der Waals surface area contributed by atoms with Crippen LogP contribution in [0.4, 0.5) is 0 Å². The predicted molar refractivity (Wildman–Crippen MR) is 97.4 cm³/mol. The van der Waals surface area contributed by atoms with Crippen LogP contribution in [0.25, 0.3) is 0 Å². The molecule has 0 aliphatic rings. The van der Waals surface area contributed by atoms with E-state index in [9.17, 15) is 9.59 Å². The molecule has 117 valence electrons. The molecule has 12 heteroatoms. The standard InChI is InChI=1S/C5H2BrClO2S.C5H3ClO2S.BHNS/c6-4-2(7)1-3(10-4)5(8)9;6-3-1-4(5(7)8)9-2-3;1-2-3/h1H,(H,8,9);1-2H,(H,7,8);3H. The molecular weight excluding hydrogens is 456 g/mol. The van der Waals surface area contributed by atoms with Crippen molar-refractivity contribution < 1.29 is 19.8 Å². The van der Waals surface area contributed by atoms with E-state index in [0.29, 0.717) is 13.8 Å². The van der Waals surface area contributed by atoms with E-state index >= 15 is 0 Å². The maximum atomic E-state index is 10.3. The number of carboxylic acid groups (broad SMARTS) is 2. The number of hydrogen-bond donors (Lipinski definition) is 3. The second-order valence-corrected chi connectivity index (χ2v) is 7.44. The van der Waals surface area contributed by atoms with Gasteiger partial charge in [0.15, 0.2) is 0 Å². The molecule has 5 nitrogen and oxygen atoms in total.